The maximum Gasteiger partial charge on any atom is 0.408 e. The van der Waals surface area contributed by atoms with E-state index in [1.165, 1.54) is 0 Å². The highest BCUT2D eigenvalue weighted by atomic mass is 35.5. The summed E-state index contributed by atoms with van der Waals surface area (Å²) in [6.45, 7) is 6.27. The predicted molar refractivity (Wildman–Crippen MR) is 107 cm³/mol. The zero-order chi connectivity index (χ0) is 20.7. The zero-order valence-corrected chi connectivity index (χ0v) is 17.3. The van der Waals surface area contributed by atoms with Gasteiger partial charge in [-0.3, -0.25) is 9.59 Å². The molecule has 0 unspecified atom stereocenters. The van der Waals surface area contributed by atoms with E-state index in [0.717, 1.165) is 5.56 Å². The van der Waals surface area contributed by atoms with E-state index in [2.05, 4.69) is 10.6 Å². The Hall–Kier alpha value is -2.28. The molecule has 0 atom stereocenters. The van der Waals surface area contributed by atoms with Gasteiger partial charge >= 0.3 is 6.09 Å². The van der Waals surface area contributed by atoms with Gasteiger partial charge in [0.1, 0.15) is 12.1 Å². The van der Waals surface area contributed by atoms with Crippen LogP contribution in [0.2, 0.25) is 5.02 Å². The minimum atomic E-state index is -0.607. The smallest absolute Gasteiger partial charge is 0.408 e. The first-order chi connectivity index (χ1) is 13.1. The number of amides is 3. The minimum absolute atomic E-state index is 0.0366. The molecule has 1 heterocycles. The van der Waals surface area contributed by atoms with Crippen LogP contribution in [0.25, 0.3) is 0 Å². The molecule has 0 aliphatic carbocycles. The highest BCUT2D eigenvalue weighted by Gasteiger charge is 2.24. The number of alkyl carbamates (subject to hydrolysis) is 1. The van der Waals surface area contributed by atoms with Gasteiger partial charge in [0.05, 0.1) is 6.42 Å². The fraction of sp³-hybridized carbons (Fsp3) is 0.550. The Bertz CT molecular complexity index is 710. The Morgan fingerprint density at radius 3 is 2.50 bits per heavy atom. The van der Waals surface area contributed by atoms with E-state index in [1.54, 1.807) is 37.8 Å². The molecule has 8 heteroatoms. The Balaban J connectivity index is 1.69. The summed E-state index contributed by atoms with van der Waals surface area (Å²) in [6, 6.07) is 7.27. The Morgan fingerprint density at radius 2 is 1.89 bits per heavy atom. The van der Waals surface area contributed by atoms with Crippen LogP contribution in [0.1, 0.15) is 39.2 Å². The number of carbonyl (C=O) groups excluding carboxylic acids is 3. The molecule has 28 heavy (non-hydrogen) atoms. The fourth-order valence-electron chi connectivity index (χ4n) is 2.96. The number of halogens is 1. The van der Waals surface area contributed by atoms with Gasteiger partial charge in [-0.2, -0.15) is 0 Å². The summed E-state index contributed by atoms with van der Waals surface area (Å²) < 4.78 is 5.12. The summed E-state index contributed by atoms with van der Waals surface area (Å²) in [7, 11) is 0. The Morgan fingerprint density at radius 1 is 1.21 bits per heavy atom. The second-order valence-corrected chi connectivity index (χ2v) is 8.32. The first-order valence-corrected chi connectivity index (χ1v) is 9.78. The van der Waals surface area contributed by atoms with Crippen LogP contribution in [-0.4, -0.2) is 54.1 Å². The number of hydrogen-bond acceptors (Lipinski definition) is 4. The second kappa shape index (κ2) is 9.78. The highest BCUT2D eigenvalue weighted by molar-refractivity contribution is 6.30. The molecule has 2 N–H and O–H groups in total. The summed E-state index contributed by atoms with van der Waals surface area (Å²) in [5.41, 5.74) is 0.264. The monoisotopic (exact) mass is 409 g/mol. The molecule has 1 aromatic rings. The van der Waals surface area contributed by atoms with Gasteiger partial charge in [0.25, 0.3) is 0 Å². The molecule has 0 spiro atoms. The lowest BCUT2D eigenvalue weighted by atomic mass is 10.0. The van der Waals surface area contributed by atoms with E-state index in [0.29, 0.717) is 31.0 Å². The predicted octanol–water partition coefficient (Wildman–Crippen LogP) is 2.51. The lowest BCUT2D eigenvalue weighted by Gasteiger charge is -2.32. The van der Waals surface area contributed by atoms with E-state index in [9.17, 15) is 14.4 Å². The topological polar surface area (TPSA) is 87.7 Å². The SMILES string of the molecule is CC(C)(C)OC(=O)NCC(=O)N1CCC(NC(=O)Cc2cccc(Cl)c2)CC1. The number of nitrogens with zero attached hydrogens (tertiary/aromatic N) is 1. The average Bonchev–Trinajstić information content (AvgIpc) is 2.59. The van der Waals surface area contributed by atoms with Crippen molar-refractivity contribution in [1.82, 2.24) is 15.5 Å². The van der Waals surface area contributed by atoms with Crippen molar-refractivity contribution in [3.8, 4) is 0 Å². The van der Waals surface area contributed by atoms with E-state index in [4.69, 9.17) is 16.3 Å². The third-order valence-electron chi connectivity index (χ3n) is 4.25. The van der Waals surface area contributed by atoms with Crippen molar-refractivity contribution in [3.05, 3.63) is 34.9 Å². The van der Waals surface area contributed by atoms with Crippen LogP contribution >= 0.6 is 11.6 Å². The van der Waals surface area contributed by atoms with Crippen molar-refractivity contribution in [2.75, 3.05) is 19.6 Å². The molecule has 0 aromatic heterocycles. The number of rotatable bonds is 5. The minimum Gasteiger partial charge on any atom is -0.444 e. The van der Waals surface area contributed by atoms with E-state index in [-0.39, 0.29) is 30.8 Å². The molecule has 1 aromatic carbocycles. The molecule has 1 aliphatic heterocycles. The lowest BCUT2D eigenvalue weighted by Crippen LogP contribution is -2.49. The largest absolute Gasteiger partial charge is 0.444 e. The van der Waals surface area contributed by atoms with Gasteiger partial charge < -0.3 is 20.3 Å². The number of benzene rings is 1. The van der Waals surface area contributed by atoms with Crippen LogP contribution in [0.3, 0.4) is 0 Å². The summed E-state index contributed by atoms with van der Waals surface area (Å²) >= 11 is 5.94. The van der Waals surface area contributed by atoms with Gasteiger partial charge in [0, 0.05) is 24.2 Å². The van der Waals surface area contributed by atoms with Crippen molar-refractivity contribution in [3.63, 3.8) is 0 Å². The Kier molecular flexibility index (Phi) is 7.69. The molecular formula is C20H28ClN3O4. The zero-order valence-electron chi connectivity index (χ0n) is 16.6. The molecule has 7 nitrogen and oxygen atoms in total. The number of nitrogens with one attached hydrogen (secondary N) is 2. The first-order valence-electron chi connectivity index (χ1n) is 9.41. The molecule has 0 saturated carbocycles. The van der Waals surface area contributed by atoms with Crippen LogP contribution in [0.5, 0.6) is 0 Å². The number of ether oxygens (including phenoxy) is 1. The molecule has 1 saturated heterocycles. The molecular weight excluding hydrogens is 382 g/mol. The standard InChI is InChI=1S/C20H28ClN3O4/c1-20(2,3)28-19(27)22-13-18(26)24-9-7-16(8-10-24)23-17(25)12-14-5-4-6-15(21)11-14/h4-6,11,16H,7-10,12-13H2,1-3H3,(H,22,27)(H,23,25). The molecule has 0 radical (unpaired) electrons. The van der Waals surface area contributed by atoms with Crippen LogP contribution in [0.15, 0.2) is 24.3 Å². The number of carbonyl (C=O) groups is 3. The third-order valence-corrected chi connectivity index (χ3v) is 4.48. The van der Waals surface area contributed by atoms with Gasteiger partial charge in [-0.25, -0.2) is 4.79 Å². The van der Waals surface area contributed by atoms with Crippen molar-refractivity contribution < 1.29 is 19.1 Å². The fourth-order valence-corrected chi connectivity index (χ4v) is 3.17. The third kappa shape index (κ3) is 7.76. The van der Waals surface area contributed by atoms with Crippen LogP contribution in [0.4, 0.5) is 4.79 Å². The summed E-state index contributed by atoms with van der Waals surface area (Å²) in [6.07, 6.45) is 1.03. The maximum atomic E-state index is 12.2. The maximum absolute atomic E-state index is 12.2. The van der Waals surface area contributed by atoms with Gasteiger partial charge in [-0.15, -0.1) is 0 Å². The normalized spacial score (nSPS) is 15.1. The second-order valence-electron chi connectivity index (χ2n) is 7.88. The van der Waals surface area contributed by atoms with Crippen LogP contribution in [-0.2, 0) is 20.7 Å². The first kappa shape index (κ1) is 22.0. The average molecular weight is 410 g/mol. The van der Waals surface area contributed by atoms with Crippen LogP contribution < -0.4 is 10.6 Å². The van der Waals surface area contributed by atoms with Gasteiger partial charge in [-0.05, 0) is 51.3 Å². The van der Waals surface area contributed by atoms with Gasteiger partial charge in [-0.1, -0.05) is 23.7 Å². The number of hydrogen-bond donors (Lipinski definition) is 2. The van der Waals surface area contributed by atoms with Crippen molar-refractivity contribution >= 4 is 29.5 Å². The van der Waals surface area contributed by atoms with Crippen LogP contribution in [0, 0.1) is 0 Å². The summed E-state index contributed by atoms with van der Waals surface area (Å²) in [4.78, 5) is 37.8. The summed E-state index contributed by atoms with van der Waals surface area (Å²) in [5.74, 6) is -0.215. The lowest BCUT2D eigenvalue weighted by molar-refractivity contribution is -0.131. The van der Waals surface area contributed by atoms with E-state index in [1.807, 2.05) is 12.1 Å². The number of likely N-dealkylation sites (tertiary alicyclic amines) is 1. The molecule has 3 amide bonds. The van der Waals surface area contributed by atoms with Crippen molar-refractivity contribution in [1.29, 1.82) is 0 Å². The van der Waals surface area contributed by atoms with Crippen molar-refractivity contribution in [2.45, 2.75) is 51.7 Å². The summed E-state index contributed by atoms with van der Waals surface area (Å²) in [5, 5.41) is 6.10. The Labute approximate surface area is 170 Å². The molecule has 1 fully saturated rings. The van der Waals surface area contributed by atoms with Gasteiger partial charge in [0.2, 0.25) is 11.8 Å². The number of piperidine rings is 1. The molecule has 2 rings (SSSR count). The quantitative estimate of drug-likeness (QED) is 0.782. The molecule has 0 bridgehead atoms. The molecule has 154 valence electrons. The van der Waals surface area contributed by atoms with E-state index >= 15 is 0 Å². The highest BCUT2D eigenvalue weighted by Crippen LogP contribution is 2.13. The van der Waals surface area contributed by atoms with Gasteiger partial charge in [0.15, 0.2) is 0 Å². The molecule has 1 aliphatic rings. The van der Waals surface area contributed by atoms with Crippen molar-refractivity contribution in [2.24, 2.45) is 0 Å². The van der Waals surface area contributed by atoms with E-state index < -0.39 is 11.7 Å².